The molecular formula is C19H19N3O2S. The lowest BCUT2D eigenvalue weighted by atomic mass is 10.1. The lowest BCUT2D eigenvalue weighted by Gasteiger charge is -1.98. The molecule has 2 aromatic rings. The van der Waals surface area contributed by atoms with Crippen LogP contribution in [0, 0.1) is 6.92 Å². The Morgan fingerprint density at radius 1 is 1.40 bits per heavy atom. The Labute approximate surface area is 150 Å². The summed E-state index contributed by atoms with van der Waals surface area (Å²) < 4.78 is 0. The maximum atomic E-state index is 11.0. The quantitative estimate of drug-likeness (QED) is 0.430. The van der Waals surface area contributed by atoms with Gasteiger partial charge in [0, 0.05) is 40.2 Å². The van der Waals surface area contributed by atoms with Crippen molar-refractivity contribution in [2.75, 3.05) is 0 Å². The van der Waals surface area contributed by atoms with Gasteiger partial charge in [-0.1, -0.05) is 24.8 Å². The second-order valence-corrected chi connectivity index (χ2v) is 6.11. The molecule has 25 heavy (non-hydrogen) atoms. The summed E-state index contributed by atoms with van der Waals surface area (Å²) in [6.45, 7) is 7.58. The molecule has 6 heteroatoms. The number of aldehydes is 1. The van der Waals surface area contributed by atoms with E-state index in [1.165, 1.54) is 17.5 Å². The number of carbonyl (C=O) groups is 2. The number of aromatic nitrogens is 2. The predicted octanol–water partition coefficient (Wildman–Crippen LogP) is 3.88. The third-order valence-electron chi connectivity index (χ3n) is 3.48. The van der Waals surface area contributed by atoms with Crippen molar-refractivity contribution in [1.29, 1.82) is 0 Å². The fraction of sp³-hybridized carbons (Fsp3) is 0.105. The Hall–Kier alpha value is -2.99. The van der Waals surface area contributed by atoms with Crippen molar-refractivity contribution in [3.05, 3.63) is 64.4 Å². The largest absolute Gasteiger partial charge is 0.364 e. The lowest BCUT2D eigenvalue weighted by molar-refractivity contribution is -0.108. The van der Waals surface area contributed by atoms with E-state index in [0.29, 0.717) is 18.3 Å². The number of hydrogen-bond donors (Lipinski definition) is 2. The molecule has 1 amide bonds. The van der Waals surface area contributed by atoms with Crippen LogP contribution in [0.1, 0.15) is 23.2 Å². The van der Waals surface area contributed by atoms with Crippen LogP contribution in [0.15, 0.2) is 48.2 Å². The van der Waals surface area contributed by atoms with Crippen molar-refractivity contribution in [2.45, 2.75) is 13.8 Å². The van der Waals surface area contributed by atoms with E-state index in [-0.39, 0.29) is 0 Å². The monoisotopic (exact) mass is 353 g/mol. The normalized spacial score (nSPS) is 12.4. The van der Waals surface area contributed by atoms with Crippen molar-refractivity contribution in [1.82, 2.24) is 15.3 Å². The smallest absolute Gasteiger partial charge is 0.211 e. The van der Waals surface area contributed by atoms with Crippen molar-refractivity contribution in [3.8, 4) is 11.3 Å². The number of nitrogens with one attached hydrogen (secondary N) is 2. The van der Waals surface area contributed by atoms with E-state index in [4.69, 9.17) is 0 Å². The molecule has 2 N–H and O–H groups in total. The van der Waals surface area contributed by atoms with Crippen LogP contribution in [-0.2, 0) is 9.59 Å². The first-order chi connectivity index (χ1) is 12.1. The molecule has 0 fully saturated rings. The van der Waals surface area contributed by atoms with Crippen LogP contribution >= 0.6 is 11.3 Å². The molecule has 0 bridgehead atoms. The molecule has 0 aromatic carbocycles. The number of hydrogen-bond acceptors (Lipinski definition) is 4. The van der Waals surface area contributed by atoms with E-state index >= 15 is 0 Å². The van der Waals surface area contributed by atoms with Crippen LogP contribution in [0.2, 0.25) is 0 Å². The molecule has 0 saturated carbocycles. The maximum absolute atomic E-state index is 11.0. The third-order valence-corrected chi connectivity index (χ3v) is 4.46. The van der Waals surface area contributed by atoms with Gasteiger partial charge in [-0.25, -0.2) is 4.98 Å². The topological polar surface area (TPSA) is 74.8 Å². The van der Waals surface area contributed by atoms with E-state index in [1.54, 1.807) is 12.2 Å². The summed E-state index contributed by atoms with van der Waals surface area (Å²) >= 11 is 1.50. The van der Waals surface area contributed by atoms with Crippen LogP contribution in [-0.4, -0.2) is 22.7 Å². The van der Waals surface area contributed by atoms with Gasteiger partial charge < -0.3 is 10.3 Å². The molecule has 0 spiro atoms. The van der Waals surface area contributed by atoms with E-state index in [0.717, 1.165) is 33.1 Å². The molecule has 0 unspecified atom stereocenters. The number of aromatic amines is 1. The van der Waals surface area contributed by atoms with Crippen LogP contribution < -0.4 is 5.32 Å². The van der Waals surface area contributed by atoms with Crippen molar-refractivity contribution < 1.29 is 9.59 Å². The zero-order valence-electron chi connectivity index (χ0n) is 14.1. The number of H-pyrrole nitrogens is 1. The SMILES string of the molecule is C=C/C=C\c1c(-c2csc(/C(C)=C/C(C=O)=C\NC=O)n2)c[nH]c1C. The van der Waals surface area contributed by atoms with Crippen LogP contribution in [0.25, 0.3) is 22.9 Å². The molecule has 0 aliphatic heterocycles. The van der Waals surface area contributed by atoms with E-state index in [2.05, 4.69) is 21.9 Å². The van der Waals surface area contributed by atoms with Crippen molar-refractivity contribution in [3.63, 3.8) is 0 Å². The Kier molecular flexibility index (Phi) is 6.42. The Morgan fingerprint density at radius 3 is 2.88 bits per heavy atom. The molecular weight excluding hydrogens is 334 g/mol. The molecule has 128 valence electrons. The van der Waals surface area contributed by atoms with Gasteiger partial charge >= 0.3 is 0 Å². The highest BCUT2D eigenvalue weighted by molar-refractivity contribution is 7.11. The summed E-state index contributed by atoms with van der Waals surface area (Å²) in [5.74, 6) is 0. The molecule has 2 aromatic heterocycles. The van der Waals surface area contributed by atoms with E-state index < -0.39 is 0 Å². The minimum Gasteiger partial charge on any atom is -0.364 e. The van der Waals surface area contributed by atoms with Gasteiger partial charge in [0.15, 0.2) is 6.29 Å². The van der Waals surface area contributed by atoms with E-state index in [1.807, 2.05) is 37.6 Å². The summed E-state index contributed by atoms with van der Waals surface area (Å²) in [6, 6.07) is 0. The van der Waals surface area contributed by atoms with Gasteiger partial charge in [0.25, 0.3) is 0 Å². The van der Waals surface area contributed by atoms with Gasteiger partial charge in [-0.05, 0) is 25.5 Å². The number of carbonyl (C=O) groups excluding carboxylic acids is 2. The fourth-order valence-corrected chi connectivity index (χ4v) is 3.06. The highest BCUT2D eigenvalue weighted by atomic mass is 32.1. The zero-order chi connectivity index (χ0) is 18.2. The lowest BCUT2D eigenvalue weighted by Crippen LogP contribution is -2.01. The van der Waals surface area contributed by atoms with E-state index in [9.17, 15) is 9.59 Å². The molecule has 0 atom stereocenters. The van der Waals surface area contributed by atoms with Gasteiger partial charge in [-0.2, -0.15) is 0 Å². The minimum atomic E-state index is 0.369. The number of amides is 1. The first kappa shape index (κ1) is 18.4. The molecule has 0 saturated heterocycles. The van der Waals surface area contributed by atoms with Gasteiger partial charge in [-0.3, -0.25) is 9.59 Å². The number of rotatable bonds is 8. The molecule has 0 aliphatic rings. The number of nitrogens with zero attached hydrogens (tertiary/aromatic N) is 1. The number of thiazole rings is 1. The standard InChI is InChI=1S/C19H19N3O2S/c1-4-5-6-16-14(3)21-9-17(16)18-11-25-19(22-18)13(2)7-15(10-23)8-20-12-24/h4-12,21H,1H2,2-3H3,(H,20,24)/b6-5-,13-7+,15-8+. The first-order valence-electron chi connectivity index (χ1n) is 7.57. The average molecular weight is 353 g/mol. The van der Waals surface area contributed by atoms with Crippen molar-refractivity contribution >= 4 is 35.7 Å². The fourth-order valence-electron chi connectivity index (χ4n) is 2.26. The average Bonchev–Trinajstić information content (AvgIpc) is 3.23. The van der Waals surface area contributed by atoms with Gasteiger partial charge in [0.1, 0.15) is 5.01 Å². The van der Waals surface area contributed by atoms with Crippen LogP contribution in [0.4, 0.5) is 0 Å². The molecule has 0 aliphatic carbocycles. The minimum absolute atomic E-state index is 0.369. The number of allylic oxidation sites excluding steroid dienone is 5. The maximum Gasteiger partial charge on any atom is 0.211 e. The Bertz CT molecular complexity index is 869. The van der Waals surface area contributed by atoms with Gasteiger partial charge in [0.2, 0.25) is 6.41 Å². The van der Waals surface area contributed by atoms with Crippen LogP contribution in [0.5, 0.6) is 0 Å². The highest BCUT2D eigenvalue weighted by Crippen LogP contribution is 2.30. The second-order valence-electron chi connectivity index (χ2n) is 5.25. The predicted molar refractivity (Wildman–Crippen MR) is 103 cm³/mol. The summed E-state index contributed by atoms with van der Waals surface area (Å²) in [4.78, 5) is 29.3. The summed E-state index contributed by atoms with van der Waals surface area (Å²) in [5, 5.41) is 5.15. The zero-order valence-corrected chi connectivity index (χ0v) is 14.9. The third kappa shape index (κ3) is 4.51. The molecule has 5 nitrogen and oxygen atoms in total. The first-order valence-corrected chi connectivity index (χ1v) is 8.45. The van der Waals surface area contributed by atoms with Crippen molar-refractivity contribution in [2.24, 2.45) is 0 Å². The Balaban J connectivity index is 2.34. The van der Waals surface area contributed by atoms with Gasteiger partial charge in [-0.15, -0.1) is 11.3 Å². The second kappa shape index (κ2) is 8.75. The summed E-state index contributed by atoms with van der Waals surface area (Å²) in [5.41, 5.74) is 5.22. The van der Waals surface area contributed by atoms with Gasteiger partial charge in [0.05, 0.1) is 5.69 Å². The Morgan fingerprint density at radius 2 is 2.20 bits per heavy atom. The number of aryl methyl sites for hydroxylation is 1. The summed E-state index contributed by atoms with van der Waals surface area (Å²) in [6.07, 6.45) is 11.8. The summed E-state index contributed by atoms with van der Waals surface area (Å²) in [7, 11) is 0. The molecule has 2 heterocycles. The molecule has 0 radical (unpaired) electrons. The van der Waals surface area contributed by atoms with Crippen LogP contribution in [0.3, 0.4) is 0 Å². The molecule has 2 rings (SSSR count). The highest BCUT2D eigenvalue weighted by Gasteiger charge is 2.12.